The number of carbonyl (C=O) groups excluding carboxylic acids is 1. The molecule has 2 aromatic rings. The fraction of sp³-hybridized carbons (Fsp3) is 0.308. The molecule has 2 N–H and O–H groups in total. The zero-order chi connectivity index (χ0) is 14.4. The van der Waals surface area contributed by atoms with Crippen LogP contribution in [0.2, 0.25) is 0 Å². The fourth-order valence-electron chi connectivity index (χ4n) is 1.73. The van der Waals surface area contributed by atoms with Crippen molar-refractivity contribution in [1.29, 1.82) is 0 Å². The van der Waals surface area contributed by atoms with Crippen molar-refractivity contribution < 1.29 is 9.53 Å². The van der Waals surface area contributed by atoms with E-state index < -0.39 is 0 Å². The van der Waals surface area contributed by atoms with Gasteiger partial charge in [0.2, 0.25) is 5.91 Å². The van der Waals surface area contributed by atoms with E-state index in [4.69, 9.17) is 4.74 Å². The first kappa shape index (κ1) is 14.0. The molecule has 2 rings (SSSR count). The average Bonchev–Trinajstić information content (AvgIpc) is 2.86. The van der Waals surface area contributed by atoms with Crippen molar-refractivity contribution in [3.63, 3.8) is 0 Å². The summed E-state index contributed by atoms with van der Waals surface area (Å²) in [6.45, 7) is 0.741. The zero-order valence-corrected chi connectivity index (χ0v) is 11.5. The summed E-state index contributed by atoms with van der Waals surface area (Å²) in [5.74, 6) is 0.527. The van der Waals surface area contributed by atoms with Gasteiger partial charge < -0.3 is 15.4 Å². The molecule has 0 unspecified atom stereocenters. The minimum Gasteiger partial charge on any atom is -0.497 e. The number of methoxy groups -OCH3 is 1. The van der Waals surface area contributed by atoms with Gasteiger partial charge >= 0.3 is 0 Å². The van der Waals surface area contributed by atoms with Gasteiger partial charge in [0.15, 0.2) is 0 Å². The van der Waals surface area contributed by atoms with Crippen molar-refractivity contribution in [3.05, 3.63) is 36.2 Å². The summed E-state index contributed by atoms with van der Waals surface area (Å²) in [6, 6.07) is 7.19. The second-order valence-corrected chi connectivity index (χ2v) is 4.22. The molecule has 0 aliphatic carbocycles. The first-order chi connectivity index (χ1) is 9.71. The predicted octanol–water partition coefficient (Wildman–Crippen LogP) is 0.645. The highest BCUT2D eigenvalue weighted by Crippen LogP contribution is 2.16. The van der Waals surface area contributed by atoms with Gasteiger partial charge in [0.1, 0.15) is 12.3 Å². The van der Waals surface area contributed by atoms with Gasteiger partial charge in [-0.15, -0.1) is 5.10 Å². The van der Waals surface area contributed by atoms with Crippen molar-refractivity contribution >= 4 is 11.6 Å². The van der Waals surface area contributed by atoms with E-state index in [1.54, 1.807) is 25.4 Å². The normalized spacial score (nSPS) is 10.3. The SMILES string of the molecule is CNCc1cn(CC(=O)Nc2cccc(OC)c2)nn1. The quantitative estimate of drug-likeness (QED) is 0.809. The van der Waals surface area contributed by atoms with E-state index in [0.29, 0.717) is 18.0 Å². The third-order valence-corrected chi connectivity index (χ3v) is 2.60. The molecule has 0 saturated heterocycles. The Morgan fingerprint density at radius 2 is 2.30 bits per heavy atom. The molecule has 20 heavy (non-hydrogen) atoms. The molecule has 0 saturated carbocycles. The van der Waals surface area contributed by atoms with Gasteiger partial charge in [0, 0.05) is 18.3 Å². The first-order valence-electron chi connectivity index (χ1n) is 6.19. The van der Waals surface area contributed by atoms with Crippen molar-refractivity contribution in [3.8, 4) is 5.75 Å². The monoisotopic (exact) mass is 275 g/mol. The highest BCUT2D eigenvalue weighted by atomic mass is 16.5. The van der Waals surface area contributed by atoms with Crippen LogP contribution in [0, 0.1) is 0 Å². The number of aromatic nitrogens is 3. The number of anilines is 1. The number of nitrogens with one attached hydrogen (secondary N) is 2. The lowest BCUT2D eigenvalue weighted by Gasteiger charge is -2.06. The van der Waals surface area contributed by atoms with Gasteiger partial charge in [-0.1, -0.05) is 11.3 Å². The van der Waals surface area contributed by atoms with Crippen LogP contribution in [0.3, 0.4) is 0 Å². The predicted molar refractivity (Wildman–Crippen MR) is 74.4 cm³/mol. The summed E-state index contributed by atoms with van der Waals surface area (Å²) in [7, 11) is 3.41. The van der Waals surface area contributed by atoms with E-state index >= 15 is 0 Å². The highest BCUT2D eigenvalue weighted by molar-refractivity contribution is 5.90. The number of amides is 1. The molecule has 1 aromatic carbocycles. The van der Waals surface area contributed by atoms with E-state index in [0.717, 1.165) is 5.69 Å². The molecule has 0 aliphatic rings. The molecule has 1 amide bonds. The molecule has 0 bridgehead atoms. The maximum absolute atomic E-state index is 11.9. The van der Waals surface area contributed by atoms with E-state index in [9.17, 15) is 4.79 Å². The van der Waals surface area contributed by atoms with E-state index in [1.165, 1.54) is 4.68 Å². The Balaban J connectivity index is 1.94. The van der Waals surface area contributed by atoms with Crippen LogP contribution in [0.1, 0.15) is 5.69 Å². The Bertz CT molecular complexity index is 582. The molecular formula is C13H17N5O2. The van der Waals surface area contributed by atoms with Crippen LogP contribution in [0.15, 0.2) is 30.5 Å². The van der Waals surface area contributed by atoms with Crippen LogP contribution >= 0.6 is 0 Å². The number of ether oxygens (including phenoxy) is 1. The first-order valence-corrected chi connectivity index (χ1v) is 6.19. The van der Waals surface area contributed by atoms with Crippen LogP contribution in [-0.4, -0.2) is 35.1 Å². The van der Waals surface area contributed by atoms with Crippen LogP contribution in [0.25, 0.3) is 0 Å². The summed E-state index contributed by atoms with van der Waals surface area (Å²) >= 11 is 0. The number of nitrogens with zero attached hydrogens (tertiary/aromatic N) is 3. The second kappa shape index (κ2) is 6.67. The van der Waals surface area contributed by atoms with Crippen molar-refractivity contribution in [2.75, 3.05) is 19.5 Å². The standard InChI is InChI=1S/C13H17N5O2/c1-14-7-11-8-18(17-16-11)9-13(19)15-10-4-3-5-12(6-10)20-2/h3-6,8,14H,7,9H2,1-2H3,(H,15,19). The number of benzene rings is 1. The molecule has 0 radical (unpaired) electrons. The number of rotatable bonds is 6. The number of carbonyl (C=O) groups is 1. The van der Waals surface area contributed by atoms with Crippen molar-refractivity contribution in [1.82, 2.24) is 20.3 Å². The minimum atomic E-state index is -0.167. The summed E-state index contributed by atoms with van der Waals surface area (Å²) in [5, 5.41) is 13.6. The molecule has 1 aromatic heterocycles. The lowest BCUT2D eigenvalue weighted by atomic mass is 10.3. The third-order valence-electron chi connectivity index (χ3n) is 2.60. The highest BCUT2D eigenvalue weighted by Gasteiger charge is 2.06. The Kier molecular flexibility index (Phi) is 4.67. The summed E-state index contributed by atoms with van der Waals surface area (Å²) < 4.78 is 6.60. The van der Waals surface area contributed by atoms with Gasteiger partial charge in [-0.2, -0.15) is 0 Å². The Morgan fingerprint density at radius 1 is 1.45 bits per heavy atom. The molecule has 0 fully saturated rings. The summed E-state index contributed by atoms with van der Waals surface area (Å²) in [5.41, 5.74) is 1.48. The zero-order valence-electron chi connectivity index (χ0n) is 11.5. The molecule has 1 heterocycles. The van der Waals surface area contributed by atoms with Gasteiger partial charge in [-0.3, -0.25) is 4.79 Å². The number of hydrogen-bond donors (Lipinski definition) is 2. The van der Waals surface area contributed by atoms with E-state index in [1.807, 2.05) is 19.2 Å². The van der Waals surface area contributed by atoms with Crippen LogP contribution in [-0.2, 0) is 17.9 Å². The summed E-state index contributed by atoms with van der Waals surface area (Å²) in [6.07, 6.45) is 1.74. The molecule has 7 nitrogen and oxygen atoms in total. The Labute approximate surface area is 116 Å². The summed E-state index contributed by atoms with van der Waals surface area (Å²) in [4.78, 5) is 11.9. The van der Waals surface area contributed by atoms with Crippen LogP contribution < -0.4 is 15.4 Å². The molecular weight excluding hydrogens is 258 g/mol. The third kappa shape index (κ3) is 3.79. The maximum Gasteiger partial charge on any atom is 0.246 e. The maximum atomic E-state index is 11.9. The van der Waals surface area contributed by atoms with Gasteiger partial charge in [-0.25, -0.2) is 4.68 Å². The van der Waals surface area contributed by atoms with Crippen LogP contribution in [0.4, 0.5) is 5.69 Å². The second-order valence-electron chi connectivity index (χ2n) is 4.22. The molecule has 106 valence electrons. The lowest BCUT2D eigenvalue weighted by Crippen LogP contribution is -2.19. The topological polar surface area (TPSA) is 81.1 Å². The van der Waals surface area contributed by atoms with Gasteiger partial charge in [0.05, 0.1) is 19.0 Å². The Morgan fingerprint density at radius 3 is 3.05 bits per heavy atom. The lowest BCUT2D eigenvalue weighted by molar-refractivity contribution is -0.116. The van der Waals surface area contributed by atoms with Crippen molar-refractivity contribution in [2.45, 2.75) is 13.1 Å². The van der Waals surface area contributed by atoms with E-state index in [2.05, 4.69) is 20.9 Å². The van der Waals surface area contributed by atoms with Gasteiger partial charge in [0.25, 0.3) is 0 Å². The van der Waals surface area contributed by atoms with E-state index in [-0.39, 0.29) is 12.5 Å². The Hall–Kier alpha value is -2.41. The largest absolute Gasteiger partial charge is 0.497 e. The number of hydrogen-bond acceptors (Lipinski definition) is 5. The molecule has 0 spiro atoms. The average molecular weight is 275 g/mol. The minimum absolute atomic E-state index is 0.119. The van der Waals surface area contributed by atoms with Gasteiger partial charge in [-0.05, 0) is 19.2 Å². The fourth-order valence-corrected chi connectivity index (χ4v) is 1.73. The molecule has 0 aliphatic heterocycles. The molecule has 7 heteroatoms. The van der Waals surface area contributed by atoms with Crippen LogP contribution in [0.5, 0.6) is 5.75 Å². The smallest absolute Gasteiger partial charge is 0.246 e. The van der Waals surface area contributed by atoms with Crippen molar-refractivity contribution in [2.24, 2.45) is 0 Å². The molecule has 0 atom stereocenters.